The molecule has 3 nitrogen and oxygen atoms in total. The first-order chi connectivity index (χ1) is 8.18. The molecule has 2 heterocycles. The van der Waals surface area contributed by atoms with Gasteiger partial charge in [-0.15, -0.1) is 11.3 Å². The van der Waals surface area contributed by atoms with Gasteiger partial charge in [0.15, 0.2) is 0 Å². The van der Waals surface area contributed by atoms with Crippen LogP contribution in [0.5, 0.6) is 0 Å². The Hall–Kier alpha value is -1.26. The van der Waals surface area contributed by atoms with Crippen LogP contribution < -0.4 is 5.32 Å². The molecule has 0 aliphatic heterocycles. The van der Waals surface area contributed by atoms with Gasteiger partial charge in [-0.3, -0.25) is 9.97 Å². The molecule has 0 aromatic carbocycles. The zero-order chi connectivity index (χ0) is 12.3. The van der Waals surface area contributed by atoms with Crippen molar-refractivity contribution < 1.29 is 0 Å². The topological polar surface area (TPSA) is 37.8 Å². The van der Waals surface area contributed by atoms with E-state index in [0.717, 1.165) is 17.9 Å². The van der Waals surface area contributed by atoms with Gasteiger partial charge in [0.2, 0.25) is 0 Å². The molecule has 0 aliphatic carbocycles. The molecule has 0 radical (unpaired) electrons. The average molecular weight is 247 g/mol. The molecule has 0 aliphatic rings. The lowest BCUT2D eigenvalue weighted by molar-refractivity contribution is 0.558. The summed E-state index contributed by atoms with van der Waals surface area (Å²) < 4.78 is 0. The molecule has 1 atom stereocenters. The standard InChI is InChI=1S/C13H17N3S/c1-9-4-7-17-12(9)8-16-11(3)13-10(2)14-5-6-15-13/h4-7,11,16H,8H2,1-3H3. The van der Waals surface area contributed by atoms with Gasteiger partial charge in [-0.1, -0.05) is 0 Å². The Morgan fingerprint density at radius 1 is 1.29 bits per heavy atom. The van der Waals surface area contributed by atoms with Crippen LogP contribution in [0.1, 0.15) is 34.8 Å². The second-order valence-corrected chi connectivity index (χ2v) is 5.16. The van der Waals surface area contributed by atoms with E-state index in [-0.39, 0.29) is 6.04 Å². The molecule has 0 fully saturated rings. The third-order valence-corrected chi connectivity index (χ3v) is 3.89. The van der Waals surface area contributed by atoms with Crippen LogP contribution in [-0.4, -0.2) is 9.97 Å². The van der Waals surface area contributed by atoms with Crippen molar-refractivity contribution in [3.05, 3.63) is 45.7 Å². The molecular formula is C13H17N3S. The number of hydrogen-bond donors (Lipinski definition) is 1. The lowest BCUT2D eigenvalue weighted by atomic mass is 10.2. The van der Waals surface area contributed by atoms with Crippen molar-refractivity contribution in [3.8, 4) is 0 Å². The molecule has 0 amide bonds. The number of rotatable bonds is 4. The first kappa shape index (κ1) is 12.2. The molecule has 2 aromatic heterocycles. The van der Waals surface area contributed by atoms with E-state index in [9.17, 15) is 0 Å². The second-order valence-electron chi connectivity index (χ2n) is 4.16. The maximum Gasteiger partial charge on any atom is 0.0782 e. The SMILES string of the molecule is Cc1ccsc1CNC(C)c1nccnc1C. The average Bonchev–Trinajstić information content (AvgIpc) is 2.72. The van der Waals surface area contributed by atoms with Crippen LogP contribution in [0, 0.1) is 13.8 Å². The molecule has 1 N–H and O–H groups in total. The fourth-order valence-corrected chi connectivity index (χ4v) is 2.63. The molecule has 90 valence electrons. The highest BCUT2D eigenvalue weighted by molar-refractivity contribution is 7.10. The molecule has 4 heteroatoms. The summed E-state index contributed by atoms with van der Waals surface area (Å²) in [6.45, 7) is 7.16. The van der Waals surface area contributed by atoms with Crippen molar-refractivity contribution in [2.75, 3.05) is 0 Å². The zero-order valence-corrected chi connectivity index (χ0v) is 11.2. The molecule has 17 heavy (non-hydrogen) atoms. The summed E-state index contributed by atoms with van der Waals surface area (Å²) >= 11 is 1.79. The van der Waals surface area contributed by atoms with Crippen molar-refractivity contribution in [1.82, 2.24) is 15.3 Å². The molecule has 2 aromatic rings. The summed E-state index contributed by atoms with van der Waals surface area (Å²) in [6, 6.07) is 2.38. The summed E-state index contributed by atoms with van der Waals surface area (Å²) in [7, 11) is 0. The van der Waals surface area contributed by atoms with Gasteiger partial charge >= 0.3 is 0 Å². The number of nitrogens with one attached hydrogen (secondary N) is 1. The van der Waals surface area contributed by atoms with Crippen molar-refractivity contribution in [2.45, 2.75) is 33.4 Å². The van der Waals surface area contributed by atoms with Crippen LogP contribution in [0.3, 0.4) is 0 Å². The highest BCUT2D eigenvalue weighted by atomic mass is 32.1. The molecule has 0 saturated heterocycles. The van der Waals surface area contributed by atoms with Gasteiger partial charge in [0.05, 0.1) is 11.4 Å². The fourth-order valence-electron chi connectivity index (χ4n) is 1.77. The molecule has 0 saturated carbocycles. The van der Waals surface area contributed by atoms with E-state index in [0.29, 0.717) is 0 Å². The molecule has 0 bridgehead atoms. The van der Waals surface area contributed by atoms with Crippen LogP contribution in [-0.2, 0) is 6.54 Å². The molecule has 0 spiro atoms. The maximum atomic E-state index is 4.38. The van der Waals surface area contributed by atoms with Crippen LogP contribution in [0.2, 0.25) is 0 Å². The first-order valence-electron chi connectivity index (χ1n) is 5.72. The minimum absolute atomic E-state index is 0.227. The smallest absolute Gasteiger partial charge is 0.0782 e. The first-order valence-corrected chi connectivity index (χ1v) is 6.60. The third kappa shape index (κ3) is 2.90. The lowest BCUT2D eigenvalue weighted by Crippen LogP contribution is -2.20. The summed E-state index contributed by atoms with van der Waals surface area (Å²) in [5.74, 6) is 0. The van der Waals surface area contributed by atoms with Crippen LogP contribution in [0.25, 0.3) is 0 Å². The second kappa shape index (κ2) is 5.38. The van der Waals surface area contributed by atoms with E-state index in [2.05, 4.69) is 40.6 Å². The van der Waals surface area contributed by atoms with Crippen molar-refractivity contribution in [1.29, 1.82) is 0 Å². The minimum atomic E-state index is 0.227. The molecule has 1 unspecified atom stereocenters. The van der Waals surface area contributed by atoms with E-state index in [1.54, 1.807) is 23.7 Å². The summed E-state index contributed by atoms with van der Waals surface area (Å²) in [4.78, 5) is 10.0. The summed E-state index contributed by atoms with van der Waals surface area (Å²) in [5, 5.41) is 5.62. The number of aryl methyl sites for hydroxylation is 2. The zero-order valence-electron chi connectivity index (χ0n) is 10.4. The highest BCUT2D eigenvalue weighted by Gasteiger charge is 2.10. The Labute approximate surface area is 106 Å². The lowest BCUT2D eigenvalue weighted by Gasteiger charge is -2.14. The largest absolute Gasteiger partial charge is 0.304 e. The maximum absolute atomic E-state index is 4.38. The molecule has 2 rings (SSSR count). The van der Waals surface area contributed by atoms with Crippen LogP contribution in [0.4, 0.5) is 0 Å². The van der Waals surface area contributed by atoms with E-state index in [1.807, 2.05) is 6.92 Å². The van der Waals surface area contributed by atoms with E-state index < -0.39 is 0 Å². The number of thiophene rings is 1. The fraction of sp³-hybridized carbons (Fsp3) is 0.385. The number of hydrogen-bond acceptors (Lipinski definition) is 4. The van der Waals surface area contributed by atoms with Crippen molar-refractivity contribution in [2.24, 2.45) is 0 Å². The van der Waals surface area contributed by atoms with Gasteiger partial charge in [-0.2, -0.15) is 0 Å². The third-order valence-electron chi connectivity index (χ3n) is 2.87. The quantitative estimate of drug-likeness (QED) is 0.902. The Morgan fingerprint density at radius 3 is 2.71 bits per heavy atom. The van der Waals surface area contributed by atoms with Gasteiger partial charge < -0.3 is 5.32 Å². The van der Waals surface area contributed by atoms with Gasteiger partial charge in [-0.25, -0.2) is 0 Å². The monoisotopic (exact) mass is 247 g/mol. The van der Waals surface area contributed by atoms with E-state index >= 15 is 0 Å². The van der Waals surface area contributed by atoms with Crippen LogP contribution >= 0.6 is 11.3 Å². The normalized spacial score (nSPS) is 12.6. The highest BCUT2D eigenvalue weighted by Crippen LogP contribution is 2.17. The van der Waals surface area contributed by atoms with E-state index in [1.165, 1.54) is 10.4 Å². The van der Waals surface area contributed by atoms with Crippen molar-refractivity contribution in [3.63, 3.8) is 0 Å². The Kier molecular flexibility index (Phi) is 3.86. The predicted octanol–water partition coefficient (Wildman–Crippen LogP) is 3.01. The Balaban J connectivity index is 2.01. The van der Waals surface area contributed by atoms with Crippen LogP contribution in [0.15, 0.2) is 23.8 Å². The van der Waals surface area contributed by atoms with Crippen molar-refractivity contribution >= 4 is 11.3 Å². The Bertz CT molecular complexity index is 493. The van der Waals surface area contributed by atoms with Gasteiger partial charge in [0.1, 0.15) is 0 Å². The van der Waals surface area contributed by atoms with Gasteiger partial charge in [0.25, 0.3) is 0 Å². The Morgan fingerprint density at radius 2 is 2.06 bits per heavy atom. The van der Waals surface area contributed by atoms with Gasteiger partial charge in [0, 0.05) is 29.9 Å². The van der Waals surface area contributed by atoms with E-state index in [4.69, 9.17) is 0 Å². The summed E-state index contributed by atoms with van der Waals surface area (Å²) in [6.07, 6.45) is 3.48. The number of nitrogens with zero attached hydrogens (tertiary/aromatic N) is 2. The number of aromatic nitrogens is 2. The summed E-state index contributed by atoms with van der Waals surface area (Å²) in [5.41, 5.74) is 3.38. The minimum Gasteiger partial charge on any atom is -0.304 e. The van der Waals surface area contributed by atoms with Gasteiger partial charge in [-0.05, 0) is 37.8 Å². The predicted molar refractivity (Wildman–Crippen MR) is 71.1 cm³/mol. The molecular weight excluding hydrogens is 230 g/mol.